The molecule has 0 nitrogen and oxygen atoms in total. The Labute approximate surface area is 228 Å². The van der Waals surface area contributed by atoms with Gasteiger partial charge in [-0.2, -0.15) is 0 Å². The molecular formula is C12H12As4Cl2P4Zr2-2. The van der Waals surface area contributed by atoms with Gasteiger partial charge in [0, 0.05) is 0 Å². The zero-order valence-electron chi connectivity index (χ0n) is 12.2. The van der Waals surface area contributed by atoms with E-state index < -0.39 is 0 Å². The summed E-state index contributed by atoms with van der Waals surface area (Å²) in [6, 6.07) is 0. The van der Waals surface area contributed by atoms with Gasteiger partial charge in [-0.05, 0) is 0 Å². The first-order chi connectivity index (χ1) is 10.0. The van der Waals surface area contributed by atoms with E-state index in [-0.39, 0.29) is 77.2 Å². The third kappa shape index (κ3) is 28.9. The number of hydrogen-bond acceptors (Lipinski definition) is 0. The summed E-state index contributed by atoms with van der Waals surface area (Å²) in [6.45, 7) is 0. The fourth-order valence-electron chi connectivity index (χ4n) is 0.745. The first kappa shape index (κ1) is 36.1. The molecule has 0 aromatic carbocycles. The van der Waals surface area contributed by atoms with Crippen LogP contribution in [0.1, 0.15) is 0 Å². The summed E-state index contributed by atoms with van der Waals surface area (Å²) >= 11 is 2.36. The largest absolute Gasteiger partial charge is 2.00 e. The maximum absolute atomic E-state index is 3.11. The van der Waals surface area contributed by atoms with Crippen LogP contribution in [0.4, 0.5) is 0 Å². The molecule has 24 heavy (non-hydrogen) atoms. The minimum atomic E-state index is 0. The SMILES string of the molecule is [C-]1=CC=[As]P1.[C-]1=CC=[As]P1.[C-]1=CC=[As]P1.[C-]1=CC=[As]P1.[Cl-].[Cl-].[Zr+2].[Zr+2]. The molecule has 4 aliphatic heterocycles. The molecule has 0 bridgehead atoms. The van der Waals surface area contributed by atoms with Gasteiger partial charge in [0.2, 0.25) is 0 Å². The second kappa shape index (κ2) is 32.4. The van der Waals surface area contributed by atoms with Crippen LogP contribution in [-0.4, -0.2) is 78.6 Å². The zero-order chi connectivity index (χ0) is 14.1. The van der Waals surface area contributed by atoms with E-state index >= 15 is 0 Å². The maximum atomic E-state index is 3.11. The molecule has 4 heterocycles. The Hall–Kier alpha value is 4.74. The molecule has 4 rings (SSSR count). The number of allylic oxidation sites excluding steroid dienone is 4. The number of hydrogen-bond donors (Lipinski definition) is 0. The van der Waals surface area contributed by atoms with Crippen LogP contribution in [0.25, 0.3) is 0 Å². The van der Waals surface area contributed by atoms with E-state index in [0.29, 0.717) is 59.4 Å². The Balaban J connectivity index is -0.000000105. The van der Waals surface area contributed by atoms with Crippen LogP contribution in [0.15, 0.2) is 24.3 Å². The molecule has 0 fully saturated rings. The second-order valence-corrected chi connectivity index (χ2v) is 20.5. The molecule has 4 aliphatic rings. The van der Waals surface area contributed by atoms with Crippen LogP contribution in [-0.2, 0) is 52.4 Å². The van der Waals surface area contributed by atoms with Gasteiger partial charge in [-0.3, -0.25) is 0 Å². The number of rotatable bonds is 0. The van der Waals surface area contributed by atoms with Crippen molar-refractivity contribution in [3.8, 4) is 0 Å². The van der Waals surface area contributed by atoms with Gasteiger partial charge in [0.25, 0.3) is 0 Å². The fourth-order valence-corrected chi connectivity index (χ4v) is 11.6. The maximum Gasteiger partial charge on any atom is 2.00 e. The molecule has 0 N–H and O–H groups in total. The zero-order valence-corrected chi connectivity index (χ0v) is 30.1. The summed E-state index contributed by atoms with van der Waals surface area (Å²) in [5.74, 6) is 12.4. The second-order valence-electron chi connectivity index (χ2n) is 2.80. The van der Waals surface area contributed by atoms with Crippen molar-refractivity contribution in [3.63, 3.8) is 0 Å². The molecule has 0 aromatic rings. The van der Waals surface area contributed by atoms with Gasteiger partial charge < -0.3 is 24.8 Å². The molecule has 0 saturated heterocycles. The Morgan fingerprint density at radius 3 is 0.708 bits per heavy atom. The van der Waals surface area contributed by atoms with Gasteiger partial charge in [-0.15, -0.1) is 0 Å². The van der Waals surface area contributed by atoms with Gasteiger partial charge in [-0.25, -0.2) is 0 Å². The first-order valence-electron chi connectivity index (χ1n) is 5.42. The van der Waals surface area contributed by atoms with E-state index in [1.165, 1.54) is 0 Å². The van der Waals surface area contributed by atoms with Crippen molar-refractivity contribution >= 4 is 107 Å². The average molecular weight is 833 g/mol. The topological polar surface area (TPSA) is 0 Å². The summed E-state index contributed by atoms with van der Waals surface area (Å²) in [7, 11) is 4.17. The number of halogens is 2. The van der Waals surface area contributed by atoms with Crippen molar-refractivity contribution in [3.05, 3.63) is 47.6 Å². The minimum absolute atomic E-state index is 0. The molecule has 0 aliphatic carbocycles. The van der Waals surface area contributed by atoms with Crippen molar-refractivity contribution in [2.45, 2.75) is 0 Å². The molecule has 0 aromatic heterocycles. The predicted molar refractivity (Wildman–Crippen MR) is 112 cm³/mol. The van der Waals surface area contributed by atoms with Crippen LogP contribution < -0.4 is 24.8 Å². The quantitative estimate of drug-likeness (QED) is 0.132. The van der Waals surface area contributed by atoms with E-state index in [2.05, 4.69) is 42.5 Å². The molecular weight excluding hydrogens is 821 g/mol. The van der Waals surface area contributed by atoms with Gasteiger partial charge >= 0.3 is 207 Å². The summed E-state index contributed by atoms with van der Waals surface area (Å²) in [6.07, 6.45) is 8.16. The molecule has 0 radical (unpaired) electrons. The Bertz CT molecular complexity index is 367. The standard InChI is InChI=1S/4C3H3AsP.2ClH.2Zr/c4*1-2-4-5-3-1;;;;/h4*1-2,5H;2*1H;;/q4*-1;;;2*+2/p-2. The molecule has 0 spiro atoms. The van der Waals surface area contributed by atoms with Crippen LogP contribution in [0.2, 0.25) is 0 Å². The fraction of sp³-hybridized carbons (Fsp3) is 0. The van der Waals surface area contributed by atoms with Crippen LogP contribution in [0.3, 0.4) is 0 Å². The monoisotopic (exact) mass is 829 g/mol. The van der Waals surface area contributed by atoms with Crippen molar-refractivity contribution in [2.75, 3.05) is 0 Å². The summed E-state index contributed by atoms with van der Waals surface area (Å²) < 4.78 is 0. The van der Waals surface area contributed by atoms with Crippen molar-refractivity contribution in [1.29, 1.82) is 0 Å². The Kier molecular flexibility index (Phi) is 48.8. The molecule has 0 amide bonds. The van der Waals surface area contributed by atoms with Gasteiger partial charge in [-0.1, -0.05) is 0 Å². The average Bonchev–Trinajstić information content (AvgIpc) is 3.40. The van der Waals surface area contributed by atoms with E-state index in [1.807, 2.05) is 24.3 Å². The molecule has 4 unspecified atom stereocenters. The minimum Gasteiger partial charge on any atom is -1.00 e. The van der Waals surface area contributed by atoms with Crippen molar-refractivity contribution in [1.82, 2.24) is 0 Å². The van der Waals surface area contributed by atoms with Gasteiger partial charge in [0.15, 0.2) is 0 Å². The van der Waals surface area contributed by atoms with Crippen molar-refractivity contribution in [2.24, 2.45) is 0 Å². The van der Waals surface area contributed by atoms with E-state index in [1.54, 1.807) is 0 Å². The molecule has 124 valence electrons. The smallest absolute Gasteiger partial charge is 1.00 e. The predicted octanol–water partition coefficient (Wildman–Crippen LogP) is -4.33. The van der Waals surface area contributed by atoms with Gasteiger partial charge in [0.05, 0.1) is 0 Å². The summed E-state index contributed by atoms with van der Waals surface area (Å²) in [5, 5.41) is 0. The third-order valence-electron chi connectivity index (χ3n) is 1.45. The van der Waals surface area contributed by atoms with Crippen LogP contribution in [0.5, 0.6) is 0 Å². The van der Waals surface area contributed by atoms with Gasteiger partial charge in [0.1, 0.15) is 0 Å². The van der Waals surface area contributed by atoms with Crippen molar-refractivity contribution < 1.29 is 77.2 Å². The van der Waals surface area contributed by atoms with Crippen LogP contribution >= 0.6 is 28.6 Å². The normalized spacial score (nSPS) is 21.3. The molecule has 12 heteroatoms. The Morgan fingerprint density at radius 1 is 0.458 bits per heavy atom. The summed E-state index contributed by atoms with van der Waals surface area (Å²) in [5.41, 5.74) is 0. The summed E-state index contributed by atoms with van der Waals surface area (Å²) in [4.78, 5) is 8.92. The molecule has 0 saturated carbocycles. The van der Waals surface area contributed by atoms with E-state index in [4.69, 9.17) is 0 Å². The Morgan fingerprint density at radius 2 is 0.667 bits per heavy atom. The van der Waals surface area contributed by atoms with Crippen LogP contribution in [0, 0.1) is 23.3 Å². The third-order valence-corrected chi connectivity index (χ3v) is 15.2. The molecule has 4 atom stereocenters. The first-order valence-corrected chi connectivity index (χ1v) is 24.8. The van der Waals surface area contributed by atoms with E-state index in [0.717, 1.165) is 28.6 Å². The van der Waals surface area contributed by atoms with E-state index in [9.17, 15) is 0 Å².